The fourth-order valence-corrected chi connectivity index (χ4v) is 2.79. The minimum atomic E-state index is -1.20. The van der Waals surface area contributed by atoms with Crippen LogP contribution in [0.5, 0.6) is 5.75 Å². The van der Waals surface area contributed by atoms with Crippen LogP contribution < -0.4 is 15.8 Å². The van der Waals surface area contributed by atoms with Crippen LogP contribution in [0.4, 0.5) is 5.69 Å². The molecule has 2 aromatic rings. The number of anilines is 1. The second-order valence-corrected chi connectivity index (χ2v) is 6.48. The molecular weight excluding hydrogens is 324 g/mol. The molecule has 25 heavy (non-hydrogen) atoms. The Morgan fingerprint density at radius 3 is 2.60 bits per heavy atom. The van der Waals surface area contributed by atoms with Gasteiger partial charge in [0.05, 0.1) is 18.4 Å². The quantitative estimate of drug-likeness (QED) is 0.725. The van der Waals surface area contributed by atoms with Crippen LogP contribution in [0.3, 0.4) is 0 Å². The lowest BCUT2D eigenvalue weighted by Crippen LogP contribution is -2.41. The van der Waals surface area contributed by atoms with Gasteiger partial charge in [-0.1, -0.05) is 0 Å². The fourth-order valence-electron chi connectivity index (χ4n) is 2.79. The van der Waals surface area contributed by atoms with E-state index in [1.807, 2.05) is 13.8 Å². The molecule has 4 N–H and O–H groups in total. The number of ether oxygens (including phenoxy) is 1. The highest BCUT2D eigenvalue weighted by atomic mass is 16.5. The van der Waals surface area contributed by atoms with Crippen LogP contribution in [0.2, 0.25) is 0 Å². The van der Waals surface area contributed by atoms with Crippen molar-refractivity contribution in [2.24, 2.45) is 0 Å². The maximum absolute atomic E-state index is 12.5. The number of aromatic nitrogens is 2. The molecule has 8 nitrogen and oxygen atoms in total. The number of fused-ring (bicyclic) bond motifs is 1. The van der Waals surface area contributed by atoms with Gasteiger partial charge in [-0.25, -0.2) is 14.8 Å². The predicted molar refractivity (Wildman–Crippen MR) is 89.4 cm³/mol. The standard InChI is InChI=1S/C17H18N4O4/c1-17(2)6-11(10-5-9(18)3-4-14(10)25-17)21-15(22)12-7-20-13(8-19-12)16(23)24/h3-5,7-8,11H,6,18H2,1-2H3,(H,21,22)(H,23,24). The van der Waals surface area contributed by atoms with E-state index in [1.54, 1.807) is 18.2 Å². The molecule has 8 heteroatoms. The first-order chi connectivity index (χ1) is 11.7. The molecule has 0 saturated heterocycles. The van der Waals surface area contributed by atoms with Gasteiger partial charge in [-0.15, -0.1) is 0 Å². The molecule has 0 radical (unpaired) electrons. The van der Waals surface area contributed by atoms with E-state index in [2.05, 4.69) is 15.3 Å². The first kappa shape index (κ1) is 16.7. The van der Waals surface area contributed by atoms with Crippen molar-refractivity contribution in [3.63, 3.8) is 0 Å². The van der Waals surface area contributed by atoms with Crippen LogP contribution in [0.15, 0.2) is 30.6 Å². The minimum Gasteiger partial charge on any atom is -0.487 e. The van der Waals surface area contributed by atoms with Crippen LogP contribution >= 0.6 is 0 Å². The lowest BCUT2D eigenvalue weighted by atomic mass is 9.89. The Bertz CT molecular complexity index is 833. The monoisotopic (exact) mass is 342 g/mol. The zero-order valence-electron chi connectivity index (χ0n) is 13.8. The summed E-state index contributed by atoms with van der Waals surface area (Å²) in [6.07, 6.45) is 2.75. The van der Waals surface area contributed by atoms with Crippen LogP contribution in [-0.2, 0) is 0 Å². The summed E-state index contributed by atoms with van der Waals surface area (Å²) in [6, 6.07) is 4.99. The summed E-state index contributed by atoms with van der Waals surface area (Å²) in [6.45, 7) is 3.87. The van der Waals surface area contributed by atoms with Gasteiger partial charge in [0.1, 0.15) is 17.0 Å². The number of amides is 1. The van der Waals surface area contributed by atoms with E-state index in [-0.39, 0.29) is 17.4 Å². The van der Waals surface area contributed by atoms with Gasteiger partial charge in [-0.3, -0.25) is 4.79 Å². The van der Waals surface area contributed by atoms with Crippen molar-refractivity contribution in [1.29, 1.82) is 0 Å². The molecule has 0 aliphatic carbocycles. The molecule has 3 rings (SSSR count). The van der Waals surface area contributed by atoms with Gasteiger partial charge in [0.25, 0.3) is 5.91 Å². The normalized spacial score (nSPS) is 17.9. The van der Waals surface area contributed by atoms with E-state index in [0.29, 0.717) is 17.9 Å². The maximum Gasteiger partial charge on any atom is 0.356 e. The summed E-state index contributed by atoms with van der Waals surface area (Å²) in [7, 11) is 0. The van der Waals surface area contributed by atoms with Crippen LogP contribution in [-0.4, -0.2) is 32.6 Å². The van der Waals surface area contributed by atoms with Crippen molar-refractivity contribution in [1.82, 2.24) is 15.3 Å². The van der Waals surface area contributed by atoms with Crippen molar-refractivity contribution >= 4 is 17.6 Å². The zero-order chi connectivity index (χ0) is 18.2. The van der Waals surface area contributed by atoms with Crippen LogP contribution in [0, 0.1) is 0 Å². The Labute approximate surface area is 144 Å². The number of carbonyl (C=O) groups is 2. The third kappa shape index (κ3) is 3.52. The smallest absolute Gasteiger partial charge is 0.356 e. The van der Waals surface area contributed by atoms with Gasteiger partial charge in [-0.05, 0) is 32.0 Å². The van der Waals surface area contributed by atoms with E-state index in [0.717, 1.165) is 18.0 Å². The molecule has 0 saturated carbocycles. The molecule has 0 fully saturated rings. The average Bonchev–Trinajstić information content (AvgIpc) is 2.55. The summed E-state index contributed by atoms with van der Waals surface area (Å²) in [4.78, 5) is 30.9. The lowest BCUT2D eigenvalue weighted by molar-refractivity contribution is 0.0615. The number of benzene rings is 1. The van der Waals surface area contributed by atoms with Gasteiger partial charge in [0, 0.05) is 17.7 Å². The highest BCUT2D eigenvalue weighted by Crippen LogP contribution is 2.40. The Morgan fingerprint density at radius 2 is 1.96 bits per heavy atom. The van der Waals surface area contributed by atoms with Crippen molar-refractivity contribution in [2.45, 2.75) is 31.9 Å². The first-order valence-electron chi connectivity index (χ1n) is 7.70. The number of nitrogens with two attached hydrogens (primary N) is 1. The third-order valence-corrected chi connectivity index (χ3v) is 3.90. The molecule has 1 unspecified atom stereocenters. The van der Waals surface area contributed by atoms with Crippen LogP contribution in [0.1, 0.15) is 52.9 Å². The summed E-state index contributed by atoms with van der Waals surface area (Å²) in [5.41, 5.74) is 6.58. The Kier molecular flexibility index (Phi) is 4.03. The number of carboxylic acids is 1. The van der Waals surface area contributed by atoms with Crippen molar-refractivity contribution in [3.8, 4) is 5.75 Å². The number of rotatable bonds is 3. The Hall–Kier alpha value is -3.16. The topological polar surface area (TPSA) is 127 Å². The highest BCUT2D eigenvalue weighted by Gasteiger charge is 2.35. The van der Waals surface area contributed by atoms with Gasteiger partial charge >= 0.3 is 5.97 Å². The molecule has 0 bridgehead atoms. The van der Waals surface area contributed by atoms with E-state index in [9.17, 15) is 9.59 Å². The number of carbonyl (C=O) groups excluding carboxylic acids is 1. The van der Waals surface area contributed by atoms with Gasteiger partial charge in [0.15, 0.2) is 5.69 Å². The predicted octanol–water partition coefficient (Wildman–Crippen LogP) is 1.79. The molecule has 1 aromatic heterocycles. The first-order valence-corrected chi connectivity index (χ1v) is 7.70. The number of carboxylic acid groups (broad SMARTS) is 1. The Morgan fingerprint density at radius 1 is 1.28 bits per heavy atom. The number of nitrogens with one attached hydrogen (secondary N) is 1. The van der Waals surface area contributed by atoms with E-state index >= 15 is 0 Å². The molecule has 1 aliphatic rings. The average molecular weight is 342 g/mol. The molecule has 130 valence electrons. The second kappa shape index (κ2) is 6.04. The molecule has 1 aliphatic heterocycles. The van der Waals surface area contributed by atoms with Gasteiger partial charge < -0.3 is 20.9 Å². The number of aromatic carboxylic acids is 1. The molecule has 1 aromatic carbocycles. The molecule has 1 atom stereocenters. The minimum absolute atomic E-state index is 0.0414. The van der Waals surface area contributed by atoms with Gasteiger partial charge in [-0.2, -0.15) is 0 Å². The second-order valence-electron chi connectivity index (χ2n) is 6.48. The fraction of sp³-hybridized carbons (Fsp3) is 0.294. The van der Waals surface area contributed by atoms with Crippen molar-refractivity contribution in [3.05, 3.63) is 47.5 Å². The maximum atomic E-state index is 12.5. The van der Waals surface area contributed by atoms with Crippen molar-refractivity contribution < 1.29 is 19.4 Å². The number of nitrogens with zero attached hydrogens (tertiary/aromatic N) is 2. The summed E-state index contributed by atoms with van der Waals surface area (Å²) in [5, 5.41) is 11.7. The van der Waals surface area contributed by atoms with Gasteiger partial charge in [0.2, 0.25) is 0 Å². The summed E-state index contributed by atoms with van der Waals surface area (Å²) in [5.74, 6) is -0.974. The summed E-state index contributed by atoms with van der Waals surface area (Å²) < 4.78 is 5.93. The SMILES string of the molecule is CC1(C)CC(NC(=O)c2cnc(C(=O)O)cn2)c2cc(N)ccc2O1. The van der Waals surface area contributed by atoms with E-state index in [1.165, 1.54) is 0 Å². The molecule has 1 amide bonds. The highest BCUT2D eigenvalue weighted by molar-refractivity contribution is 5.93. The molecule has 2 heterocycles. The van der Waals surface area contributed by atoms with Crippen molar-refractivity contribution in [2.75, 3.05) is 5.73 Å². The number of nitrogen functional groups attached to an aromatic ring is 1. The lowest BCUT2D eigenvalue weighted by Gasteiger charge is -2.38. The summed E-state index contributed by atoms with van der Waals surface area (Å²) >= 11 is 0. The molecule has 0 spiro atoms. The number of hydrogen-bond acceptors (Lipinski definition) is 6. The molecular formula is C17H18N4O4. The number of hydrogen-bond donors (Lipinski definition) is 3. The largest absolute Gasteiger partial charge is 0.487 e. The van der Waals surface area contributed by atoms with E-state index in [4.69, 9.17) is 15.6 Å². The van der Waals surface area contributed by atoms with E-state index < -0.39 is 17.5 Å². The van der Waals surface area contributed by atoms with Crippen LogP contribution in [0.25, 0.3) is 0 Å². The third-order valence-electron chi connectivity index (χ3n) is 3.90. The zero-order valence-corrected chi connectivity index (χ0v) is 13.8. The Balaban J connectivity index is 1.85.